The van der Waals surface area contributed by atoms with Crippen molar-refractivity contribution in [3.05, 3.63) is 22.2 Å². The van der Waals surface area contributed by atoms with Crippen LogP contribution in [-0.2, 0) is 0 Å². The zero-order valence-corrected chi connectivity index (χ0v) is 13.5. The van der Waals surface area contributed by atoms with E-state index in [0.29, 0.717) is 10.0 Å². The number of nitrogens with one attached hydrogen (secondary N) is 1. The molecule has 20 heavy (non-hydrogen) atoms. The Kier molecular flexibility index (Phi) is 4.76. The summed E-state index contributed by atoms with van der Waals surface area (Å²) in [6, 6.07) is 3.60. The number of piperidine rings is 1. The molecule has 1 N–H and O–H groups in total. The molecule has 108 valence electrons. The lowest BCUT2D eigenvalue weighted by Gasteiger charge is -2.25. The van der Waals surface area contributed by atoms with Gasteiger partial charge >= 0.3 is 0 Å². The molecule has 6 heteroatoms. The fourth-order valence-corrected chi connectivity index (χ4v) is 3.96. The molecule has 1 fully saturated rings. The number of rotatable bonds is 4. The van der Waals surface area contributed by atoms with Crippen molar-refractivity contribution in [3.8, 4) is 0 Å². The smallest absolute Gasteiger partial charge is 0.166 e. The van der Waals surface area contributed by atoms with Gasteiger partial charge in [-0.3, -0.25) is 0 Å². The van der Waals surface area contributed by atoms with E-state index in [9.17, 15) is 0 Å². The Labute approximate surface area is 133 Å². The lowest BCUT2D eigenvalue weighted by atomic mass is 10.1. The molecule has 0 unspecified atom stereocenters. The summed E-state index contributed by atoms with van der Waals surface area (Å²) in [7, 11) is 0. The summed E-state index contributed by atoms with van der Waals surface area (Å²) in [5, 5.41) is 2.16. The van der Waals surface area contributed by atoms with E-state index < -0.39 is 0 Å². The van der Waals surface area contributed by atoms with Crippen LogP contribution in [0.1, 0.15) is 19.3 Å². The first-order chi connectivity index (χ1) is 9.72. The van der Waals surface area contributed by atoms with Crippen LogP contribution >= 0.6 is 35.0 Å². The molecule has 3 nitrogen and oxygen atoms in total. The number of hydrogen-bond donors (Lipinski definition) is 1. The number of nitrogens with zero attached hydrogens (tertiary/aromatic N) is 2. The van der Waals surface area contributed by atoms with Gasteiger partial charge in [-0.25, -0.2) is 4.98 Å². The normalized spacial score (nSPS) is 16.9. The van der Waals surface area contributed by atoms with Crippen LogP contribution in [0.4, 0.5) is 0 Å². The molecule has 2 heterocycles. The summed E-state index contributed by atoms with van der Waals surface area (Å²) in [6.45, 7) is 3.60. The van der Waals surface area contributed by atoms with Gasteiger partial charge in [-0.05, 0) is 38.1 Å². The number of aromatic amines is 1. The number of benzene rings is 1. The molecule has 1 aromatic carbocycles. The number of fused-ring (bicyclic) bond motifs is 1. The average molecular weight is 330 g/mol. The van der Waals surface area contributed by atoms with E-state index in [0.717, 1.165) is 28.5 Å². The molecular weight excluding hydrogens is 313 g/mol. The van der Waals surface area contributed by atoms with Crippen molar-refractivity contribution in [3.63, 3.8) is 0 Å². The van der Waals surface area contributed by atoms with Crippen molar-refractivity contribution in [1.82, 2.24) is 14.9 Å². The van der Waals surface area contributed by atoms with E-state index in [-0.39, 0.29) is 0 Å². The topological polar surface area (TPSA) is 31.9 Å². The molecule has 0 bridgehead atoms. The van der Waals surface area contributed by atoms with Gasteiger partial charge in [-0.2, -0.15) is 0 Å². The number of halogens is 2. The maximum atomic E-state index is 6.15. The first kappa shape index (κ1) is 14.5. The second-order valence-corrected chi connectivity index (χ2v) is 7.00. The number of likely N-dealkylation sites (tertiary alicyclic amines) is 1. The zero-order valence-electron chi connectivity index (χ0n) is 11.2. The average Bonchev–Trinajstić information content (AvgIpc) is 2.83. The Morgan fingerprint density at radius 1 is 1.20 bits per heavy atom. The molecule has 0 radical (unpaired) electrons. The summed E-state index contributed by atoms with van der Waals surface area (Å²) in [4.78, 5) is 10.3. The highest BCUT2D eigenvalue weighted by Crippen LogP contribution is 2.28. The molecule has 1 saturated heterocycles. The summed E-state index contributed by atoms with van der Waals surface area (Å²) in [5.41, 5.74) is 1.71. The molecule has 0 spiro atoms. The van der Waals surface area contributed by atoms with Gasteiger partial charge < -0.3 is 9.88 Å². The van der Waals surface area contributed by atoms with Gasteiger partial charge in [0.25, 0.3) is 0 Å². The molecule has 0 atom stereocenters. The largest absolute Gasteiger partial charge is 0.333 e. The molecule has 0 amide bonds. The number of thioether (sulfide) groups is 1. The van der Waals surface area contributed by atoms with Gasteiger partial charge in [0.2, 0.25) is 0 Å². The Morgan fingerprint density at radius 3 is 2.80 bits per heavy atom. The summed E-state index contributed by atoms with van der Waals surface area (Å²) in [5.74, 6) is 1.05. The van der Waals surface area contributed by atoms with E-state index in [2.05, 4.69) is 14.9 Å². The fraction of sp³-hybridized carbons (Fsp3) is 0.500. The van der Waals surface area contributed by atoms with Gasteiger partial charge in [-0.1, -0.05) is 41.4 Å². The number of H-pyrrole nitrogens is 1. The molecule has 0 aliphatic carbocycles. The zero-order chi connectivity index (χ0) is 13.9. The maximum absolute atomic E-state index is 6.15. The Bertz CT molecular complexity index is 593. The molecule has 2 aromatic rings. The van der Waals surface area contributed by atoms with Crippen LogP contribution < -0.4 is 0 Å². The Hall–Kier alpha value is -0.420. The van der Waals surface area contributed by atoms with Gasteiger partial charge in [0.1, 0.15) is 5.52 Å². The van der Waals surface area contributed by atoms with Crippen LogP contribution in [0.15, 0.2) is 17.3 Å². The van der Waals surface area contributed by atoms with Crippen LogP contribution in [0.25, 0.3) is 11.0 Å². The van der Waals surface area contributed by atoms with E-state index in [4.69, 9.17) is 23.2 Å². The van der Waals surface area contributed by atoms with Gasteiger partial charge in [0.05, 0.1) is 10.5 Å². The molecule has 0 saturated carbocycles. The highest BCUT2D eigenvalue weighted by molar-refractivity contribution is 7.99. The van der Waals surface area contributed by atoms with E-state index in [1.165, 1.54) is 32.4 Å². The number of aromatic nitrogens is 2. The van der Waals surface area contributed by atoms with Crippen molar-refractivity contribution in [2.45, 2.75) is 24.4 Å². The van der Waals surface area contributed by atoms with Crippen molar-refractivity contribution in [2.24, 2.45) is 0 Å². The highest BCUT2D eigenvalue weighted by Gasteiger charge is 2.11. The summed E-state index contributed by atoms with van der Waals surface area (Å²) >= 11 is 13.9. The molecule has 1 aromatic heterocycles. The summed E-state index contributed by atoms with van der Waals surface area (Å²) in [6.07, 6.45) is 4.05. The van der Waals surface area contributed by atoms with Gasteiger partial charge in [0.15, 0.2) is 5.16 Å². The van der Waals surface area contributed by atoms with Crippen LogP contribution in [0.2, 0.25) is 10.0 Å². The van der Waals surface area contributed by atoms with Crippen molar-refractivity contribution < 1.29 is 0 Å². The molecule has 3 rings (SSSR count). The van der Waals surface area contributed by atoms with E-state index in [1.807, 2.05) is 6.07 Å². The number of imidazole rings is 1. The predicted molar refractivity (Wildman–Crippen MR) is 87.1 cm³/mol. The standard InChI is InChI=1S/C14H17Cl2N3S/c15-10-8-11(16)13-12(9-10)17-14(18-13)20-7-6-19-4-2-1-3-5-19/h8-9H,1-7H2,(H,17,18). The van der Waals surface area contributed by atoms with Gasteiger partial charge in [0, 0.05) is 17.3 Å². The minimum Gasteiger partial charge on any atom is -0.333 e. The minimum absolute atomic E-state index is 0.603. The third-order valence-electron chi connectivity index (χ3n) is 3.58. The third kappa shape index (κ3) is 3.42. The number of hydrogen-bond acceptors (Lipinski definition) is 3. The lowest BCUT2D eigenvalue weighted by molar-refractivity contribution is 0.242. The summed E-state index contributed by atoms with van der Waals surface area (Å²) < 4.78 is 0. The van der Waals surface area contributed by atoms with E-state index in [1.54, 1.807) is 17.8 Å². The minimum atomic E-state index is 0.603. The quantitative estimate of drug-likeness (QED) is 0.841. The molecule has 1 aliphatic rings. The molecular formula is C14H17Cl2N3S. The van der Waals surface area contributed by atoms with Crippen LogP contribution in [0, 0.1) is 0 Å². The van der Waals surface area contributed by atoms with Crippen molar-refractivity contribution >= 4 is 46.0 Å². The van der Waals surface area contributed by atoms with Gasteiger partial charge in [-0.15, -0.1) is 0 Å². The fourth-order valence-electron chi connectivity index (χ4n) is 2.54. The monoisotopic (exact) mass is 329 g/mol. The second kappa shape index (κ2) is 6.56. The highest BCUT2D eigenvalue weighted by atomic mass is 35.5. The van der Waals surface area contributed by atoms with E-state index >= 15 is 0 Å². The van der Waals surface area contributed by atoms with Crippen molar-refractivity contribution in [1.29, 1.82) is 0 Å². The SMILES string of the molecule is Clc1cc(Cl)c2nc(SCCN3CCCCC3)[nH]c2c1. The lowest BCUT2D eigenvalue weighted by Crippen LogP contribution is -2.31. The van der Waals surface area contributed by atoms with Crippen LogP contribution in [0.3, 0.4) is 0 Å². The second-order valence-electron chi connectivity index (χ2n) is 5.08. The Balaban J connectivity index is 1.61. The van der Waals surface area contributed by atoms with Crippen molar-refractivity contribution in [2.75, 3.05) is 25.4 Å². The van der Waals surface area contributed by atoms with Crippen LogP contribution in [-0.4, -0.2) is 40.3 Å². The molecule has 1 aliphatic heterocycles. The third-order valence-corrected chi connectivity index (χ3v) is 4.94. The first-order valence-electron chi connectivity index (χ1n) is 6.92. The Morgan fingerprint density at radius 2 is 2.00 bits per heavy atom. The van der Waals surface area contributed by atoms with Crippen LogP contribution in [0.5, 0.6) is 0 Å². The first-order valence-corrected chi connectivity index (χ1v) is 8.66. The maximum Gasteiger partial charge on any atom is 0.166 e. The predicted octanol–water partition coefficient (Wildman–Crippen LogP) is 4.45.